The summed E-state index contributed by atoms with van der Waals surface area (Å²) in [6, 6.07) is 8.89. The number of carbonyl (C=O) groups is 1. The molecule has 1 saturated carbocycles. The Morgan fingerprint density at radius 2 is 2.00 bits per heavy atom. The second-order valence-corrected chi connectivity index (χ2v) is 7.77. The van der Waals surface area contributed by atoms with Crippen molar-refractivity contribution < 1.29 is 19.4 Å². The molecule has 1 aliphatic heterocycles. The van der Waals surface area contributed by atoms with Crippen LogP contribution in [0.25, 0.3) is 0 Å². The van der Waals surface area contributed by atoms with E-state index in [9.17, 15) is 9.90 Å². The number of halogens is 1. The van der Waals surface area contributed by atoms with Crippen molar-refractivity contribution >= 4 is 23.4 Å². The molecule has 28 heavy (non-hydrogen) atoms. The molecule has 1 saturated heterocycles. The maximum atomic E-state index is 11.7. The van der Waals surface area contributed by atoms with E-state index in [0.29, 0.717) is 34.8 Å². The smallest absolute Gasteiger partial charge is 0.356 e. The summed E-state index contributed by atoms with van der Waals surface area (Å²) in [5, 5.41) is 11.2. The van der Waals surface area contributed by atoms with Crippen LogP contribution in [0.15, 0.2) is 36.7 Å². The van der Waals surface area contributed by atoms with Gasteiger partial charge in [0.05, 0.1) is 13.2 Å². The van der Waals surface area contributed by atoms with E-state index >= 15 is 0 Å². The fraction of sp³-hybridized carbons (Fsp3) is 0.450. The molecule has 4 rings (SSSR count). The number of carbonyl (C=O) groups excluding carboxylic acids is 1. The molecule has 1 N–H and O–H groups in total. The Morgan fingerprint density at radius 3 is 2.75 bits per heavy atom. The van der Waals surface area contributed by atoms with Crippen LogP contribution in [0, 0.1) is 11.8 Å². The van der Waals surface area contributed by atoms with Crippen LogP contribution >= 0.6 is 11.6 Å². The Hall–Kier alpha value is -2.38. The zero-order chi connectivity index (χ0) is 19.7. The first-order valence-electron chi connectivity index (χ1n) is 9.29. The van der Waals surface area contributed by atoms with Gasteiger partial charge in [-0.1, -0.05) is 17.7 Å². The first-order chi connectivity index (χ1) is 13.5. The van der Waals surface area contributed by atoms with Crippen LogP contribution in [0.5, 0.6) is 5.75 Å². The zero-order valence-electron chi connectivity index (χ0n) is 15.5. The molecule has 1 aliphatic carbocycles. The van der Waals surface area contributed by atoms with Crippen LogP contribution in [0.4, 0.5) is 5.82 Å². The number of aromatic nitrogens is 2. The highest BCUT2D eigenvalue weighted by molar-refractivity contribution is 6.30. The van der Waals surface area contributed by atoms with Crippen molar-refractivity contribution in [2.45, 2.75) is 25.0 Å². The topological polar surface area (TPSA) is 84.8 Å². The third kappa shape index (κ3) is 3.91. The molecule has 7 nitrogen and oxygen atoms in total. The summed E-state index contributed by atoms with van der Waals surface area (Å²) in [4.78, 5) is 22.1. The first-order valence-corrected chi connectivity index (χ1v) is 9.67. The predicted molar refractivity (Wildman–Crippen MR) is 104 cm³/mol. The van der Waals surface area contributed by atoms with Gasteiger partial charge >= 0.3 is 5.97 Å². The van der Waals surface area contributed by atoms with Gasteiger partial charge in [0.25, 0.3) is 0 Å². The summed E-state index contributed by atoms with van der Waals surface area (Å²) in [5.74, 6) is 1.62. The van der Waals surface area contributed by atoms with Gasteiger partial charge in [-0.15, -0.1) is 0 Å². The van der Waals surface area contributed by atoms with E-state index in [1.807, 2.05) is 12.1 Å². The van der Waals surface area contributed by atoms with Crippen molar-refractivity contribution in [1.82, 2.24) is 9.97 Å². The van der Waals surface area contributed by atoms with E-state index < -0.39 is 12.1 Å². The predicted octanol–water partition coefficient (Wildman–Crippen LogP) is 2.57. The summed E-state index contributed by atoms with van der Waals surface area (Å²) in [7, 11) is 1.33. The average molecular weight is 404 g/mol. The Bertz CT molecular complexity index is 865. The van der Waals surface area contributed by atoms with Crippen LogP contribution in [-0.4, -0.2) is 53.5 Å². The molecule has 0 radical (unpaired) electrons. The molecule has 148 valence electrons. The number of ether oxygens (including phenoxy) is 2. The van der Waals surface area contributed by atoms with Crippen LogP contribution in [0.1, 0.15) is 23.3 Å². The fourth-order valence-electron chi connectivity index (χ4n) is 4.16. The molecule has 0 bridgehead atoms. The molecular formula is C20H22ClN3O4. The normalized spacial score (nSPS) is 26.6. The number of nitrogens with zero attached hydrogens (tertiary/aromatic N) is 3. The molecule has 1 aromatic carbocycles. The molecule has 4 atom stereocenters. The van der Waals surface area contributed by atoms with Gasteiger partial charge in [-0.25, -0.2) is 14.8 Å². The summed E-state index contributed by atoms with van der Waals surface area (Å²) >= 11 is 6.03. The van der Waals surface area contributed by atoms with Crippen molar-refractivity contribution in [3.8, 4) is 5.75 Å². The number of hydrogen-bond acceptors (Lipinski definition) is 7. The number of aliphatic hydroxyl groups excluding tert-OH is 1. The van der Waals surface area contributed by atoms with Crippen molar-refractivity contribution in [3.63, 3.8) is 0 Å². The minimum absolute atomic E-state index is 0.240. The van der Waals surface area contributed by atoms with Crippen molar-refractivity contribution in [2.75, 3.05) is 25.1 Å². The molecule has 0 amide bonds. The number of rotatable bonds is 4. The number of hydrogen-bond donors (Lipinski definition) is 1. The highest BCUT2D eigenvalue weighted by atomic mass is 35.5. The van der Waals surface area contributed by atoms with E-state index in [1.165, 1.54) is 13.4 Å². The van der Waals surface area contributed by atoms with Gasteiger partial charge in [0.15, 0.2) is 5.69 Å². The SMILES string of the molecule is COC(=O)c1cc(N2C[C@H]3C[C@@H](Oc4cccc(Cl)c4)[C@H](O)C[C@H]3C2)ncn1. The van der Waals surface area contributed by atoms with Crippen LogP contribution in [0.3, 0.4) is 0 Å². The summed E-state index contributed by atoms with van der Waals surface area (Å²) < 4.78 is 10.8. The van der Waals surface area contributed by atoms with Crippen molar-refractivity contribution in [2.24, 2.45) is 11.8 Å². The van der Waals surface area contributed by atoms with Crippen LogP contribution < -0.4 is 9.64 Å². The molecule has 2 aliphatic rings. The molecule has 8 heteroatoms. The largest absolute Gasteiger partial charge is 0.488 e. The summed E-state index contributed by atoms with van der Waals surface area (Å²) in [6.07, 6.45) is 2.00. The average Bonchev–Trinajstić information content (AvgIpc) is 3.10. The van der Waals surface area contributed by atoms with Crippen LogP contribution in [-0.2, 0) is 4.74 Å². The molecule has 1 aromatic heterocycles. The first kappa shape index (κ1) is 19.0. The zero-order valence-corrected chi connectivity index (χ0v) is 16.2. The monoisotopic (exact) mass is 403 g/mol. The molecule has 2 fully saturated rings. The number of esters is 1. The number of aliphatic hydroxyl groups is 1. The second-order valence-electron chi connectivity index (χ2n) is 7.33. The Balaban J connectivity index is 1.45. The number of fused-ring (bicyclic) bond motifs is 1. The number of benzene rings is 1. The Labute approximate surface area is 168 Å². The van der Waals surface area contributed by atoms with E-state index in [4.69, 9.17) is 21.1 Å². The van der Waals surface area contributed by atoms with Gasteiger partial charge in [0.1, 0.15) is 24.0 Å². The maximum Gasteiger partial charge on any atom is 0.356 e. The lowest BCUT2D eigenvalue weighted by atomic mass is 9.78. The van der Waals surface area contributed by atoms with Crippen molar-refractivity contribution in [1.29, 1.82) is 0 Å². The van der Waals surface area contributed by atoms with E-state index in [1.54, 1.807) is 18.2 Å². The highest BCUT2D eigenvalue weighted by Crippen LogP contribution is 2.39. The second kappa shape index (κ2) is 7.93. The number of anilines is 1. The van der Waals surface area contributed by atoms with Gasteiger partial charge in [0.2, 0.25) is 0 Å². The van der Waals surface area contributed by atoms with E-state index in [0.717, 1.165) is 19.5 Å². The standard InChI is InChI=1S/C20H22ClN3O4/c1-27-20(26)16-8-19(23-11-22-16)24-9-12-5-17(25)18(6-13(12)10-24)28-15-4-2-3-14(21)7-15/h2-4,7-8,11-13,17-18,25H,5-6,9-10H2,1H3/t12-,13+,17+,18+/m0/s1. The minimum Gasteiger partial charge on any atom is -0.488 e. The van der Waals surface area contributed by atoms with Crippen LogP contribution in [0.2, 0.25) is 5.02 Å². The summed E-state index contributed by atoms with van der Waals surface area (Å²) in [5.41, 5.74) is 0.240. The van der Waals surface area contributed by atoms with Gasteiger partial charge < -0.3 is 19.5 Å². The lowest BCUT2D eigenvalue weighted by Gasteiger charge is -2.35. The quantitative estimate of drug-likeness (QED) is 0.785. The maximum absolute atomic E-state index is 11.7. The Kier molecular flexibility index (Phi) is 5.37. The third-order valence-corrected chi connectivity index (χ3v) is 5.77. The lowest BCUT2D eigenvalue weighted by molar-refractivity contribution is -0.0231. The van der Waals surface area contributed by atoms with E-state index in [-0.39, 0.29) is 11.8 Å². The highest BCUT2D eigenvalue weighted by Gasteiger charge is 2.43. The Morgan fingerprint density at radius 1 is 1.21 bits per heavy atom. The van der Waals surface area contributed by atoms with Gasteiger partial charge in [-0.3, -0.25) is 0 Å². The molecular weight excluding hydrogens is 382 g/mol. The van der Waals surface area contributed by atoms with Gasteiger partial charge in [-0.2, -0.15) is 0 Å². The third-order valence-electron chi connectivity index (χ3n) is 5.54. The molecule has 0 unspecified atom stereocenters. The molecule has 2 aromatic rings. The minimum atomic E-state index is -0.531. The molecule has 2 heterocycles. The fourth-order valence-corrected chi connectivity index (χ4v) is 4.34. The van der Waals surface area contributed by atoms with Crippen molar-refractivity contribution in [3.05, 3.63) is 47.4 Å². The summed E-state index contributed by atoms with van der Waals surface area (Å²) in [6.45, 7) is 1.58. The van der Waals surface area contributed by atoms with E-state index in [2.05, 4.69) is 14.9 Å². The lowest BCUT2D eigenvalue weighted by Crippen LogP contribution is -2.42. The van der Waals surface area contributed by atoms with Gasteiger partial charge in [-0.05, 0) is 42.9 Å². The van der Waals surface area contributed by atoms with Gasteiger partial charge in [0, 0.05) is 24.2 Å². The number of methoxy groups -OCH3 is 1. The molecule has 0 spiro atoms.